The third kappa shape index (κ3) is 3.47. The summed E-state index contributed by atoms with van der Waals surface area (Å²) >= 11 is 0. The first-order valence-electron chi connectivity index (χ1n) is 7.37. The summed E-state index contributed by atoms with van der Waals surface area (Å²) in [6.07, 6.45) is 3.90. The fourth-order valence-electron chi connectivity index (χ4n) is 2.78. The Morgan fingerprint density at radius 3 is 2.67 bits per heavy atom. The van der Waals surface area contributed by atoms with Crippen molar-refractivity contribution in [3.8, 4) is 0 Å². The van der Waals surface area contributed by atoms with E-state index in [1.54, 1.807) is 13.8 Å². The molecule has 1 atom stereocenters. The van der Waals surface area contributed by atoms with E-state index >= 15 is 0 Å². The molecule has 118 valence electrons. The maximum absolute atomic E-state index is 11.7. The van der Waals surface area contributed by atoms with Crippen LogP contribution in [0.4, 0.5) is 0 Å². The highest BCUT2D eigenvalue weighted by atomic mass is 32.2. The normalized spacial score (nSPS) is 22.9. The van der Waals surface area contributed by atoms with Crippen LogP contribution in [0.15, 0.2) is 24.3 Å². The molecule has 0 spiro atoms. The van der Waals surface area contributed by atoms with Gasteiger partial charge in [0.2, 0.25) is 0 Å². The maximum Gasteiger partial charge on any atom is 0.153 e. The molecule has 4 nitrogen and oxygen atoms in total. The first-order chi connectivity index (χ1) is 9.66. The summed E-state index contributed by atoms with van der Waals surface area (Å²) in [6.45, 7) is 4.11. The standard InChI is InChI=1S/C16H25NO3S/c1-15(2,21(3,19)20)11-17-12-16(18)10-6-8-13-7-4-5-9-14(13)16/h4-5,7,9,17-18H,6,8,10-12H2,1-3H3. The molecule has 1 aliphatic rings. The van der Waals surface area contributed by atoms with Gasteiger partial charge in [-0.1, -0.05) is 24.3 Å². The number of fused-ring (bicyclic) bond motifs is 1. The Balaban J connectivity index is 2.07. The fraction of sp³-hybridized carbons (Fsp3) is 0.625. The van der Waals surface area contributed by atoms with Crippen LogP contribution in [0.1, 0.15) is 37.8 Å². The monoisotopic (exact) mass is 311 g/mol. The topological polar surface area (TPSA) is 66.4 Å². The van der Waals surface area contributed by atoms with Crippen molar-refractivity contribution in [1.29, 1.82) is 0 Å². The molecule has 0 radical (unpaired) electrons. The Morgan fingerprint density at radius 1 is 1.33 bits per heavy atom. The van der Waals surface area contributed by atoms with Crippen LogP contribution in [0, 0.1) is 0 Å². The second kappa shape index (κ2) is 5.71. The van der Waals surface area contributed by atoms with Crippen LogP contribution in [0.5, 0.6) is 0 Å². The number of benzene rings is 1. The first kappa shape index (κ1) is 16.5. The summed E-state index contributed by atoms with van der Waals surface area (Å²) in [5.41, 5.74) is 1.26. The highest BCUT2D eigenvalue weighted by Gasteiger charge is 2.35. The third-order valence-corrected chi connectivity index (χ3v) is 6.68. The molecule has 1 unspecified atom stereocenters. The molecule has 0 saturated carbocycles. The highest BCUT2D eigenvalue weighted by molar-refractivity contribution is 7.92. The average molecular weight is 311 g/mol. The Hall–Kier alpha value is -0.910. The lowest BCUT2D eigenvalue weighted by atomic mass is 9.79. The SMILES string of the molecule is CC(C)(CNCC1(O)CCCc2ccccc21)S(C)(=O)=O. The quantitative estimate of drug-likeness (QED) is 0.867. The van der Waals surface area contributed by atoms with Gasteiger partial charge in [0.25, 0.3) is 0 Å². The van der Waals surface area contributed by atoms with E-state index in [0.717, 1.165) is 18.4 Å². The van der Waals surface area contributed by atoms with Crippen LogP contribution in [-0.4, -0.2) is 37.6 Å². The van der Waals surface area contributed by atoms with Gasteiger partial charge in [-0.15, -0.1) is 0 Å². The van der Waals surface area contributed by atoms with Gasteiger partial charge in [-0.3, -0.25) is 0 Å². The van der Waals surface area contributed by atoms with Gasteiger partial charge in [-0.2, -0.15) is 0 Å². The van der Waals surface area contributed by atoms with Gasteiger partial charge in [0.1, 0.15) is 5.60 Å². The van der Waals surface area contributed by atoms with Gasteiger partial charge >= 0.3 is 0 Å². The number of hydrogen-bond acceptors (Lipinski definition) is 4. The lowest BCUT2D eigenvalue weighted by molar-refractivity contribution is 0.0190. The Labute approximate surface area is 127 Å². The van der Waals surface area contributed by atoms with Crippen molar-refractivity contribution in [2.24, 2.45) is 0 Å². The lowest BCUT2D eigenvalue weighted by Gasteiger charge is -2.35. The smallest absolute Gasteiger partial charge is 0.153 e. The van der Waals surface area contributed by atoms with Crippen molar-refractivity contribution in [1.82, 2.24) is 5.32 Å². The Bertz CT molecular complexity index is 610. The van der Waals surface area contributed by atoms with E-state index in [4.69, 9.17) is 0 Å². The Morgan fingerprint density at radius 2 is 2.00 bits per heavy atom. The van der Waals surface area contributed by atoms with Crippen LogP contribution in [-0.2, 0) is 21.9 Å². The summed E-state index contributed by atoms with van der Waals surface area (Å²) in [5.74, 6) is 0. The van der Waals surface area contributed by atoms with Crippen molar-refractivity contribution in [2.75, 3.05) is 19.3 Å². The highest BCUT2D eigenvalue weighted by Crippen LogP contribution is 2.34. The molecule has 1 aromatic carbocycles. The predicted molar refractivity (Wildman–Crippen MR) is 85.1 cm³/mol. The maximum atomic E-state index is 11.7. The minimum atomic E-state index is -3.13. The van der Waals surface area contributed by atoms with Gasteiger partial charge in [0, 0.05) is 19.3 Å². The molecule has 5 heteroatoms. The summed E-state index contributed by atoms with van der Waals surface area (Å²) < 4.78 is 22.6. The van der Waals surface area contributed by atoms with Crippen molar-refractivity contribution in [3.63, 3.8) is 0 Å². The summed E-state index contributed by atoms with van der Waals surface area (Å²) in [5, 5.41) is 14.1. The van der Waals surface area contributed by atoms with Gasteiger partial charge in [-0.05, 0) is 44.2 Å². The fourth-order valence-corrected chi connectivity index (χ4v) is 3.15. The predicted octanol–water partition coefficient (Wildman–Crippen LogP) is 1.62. The molecule has 2 N–H and O–H groups in total. The van der Waals surface area contributed by atoms with Crippen LogP contribution in [0.2, 0.25) is 0 Å². The van der Waals surface area contributed by atoms with E-state index in [1.165, 1.54) is 11.8 Å². The molecule has 0 bridgehead atoms. The summed E-state index contributed by atoms with van der Waals surface area (Å²) in [7, 11) is -3.13. The number of sulfone groups is 1. The second-order valence-corrected chi connectivity index (χ2v) is 9.33. The number of hydrogen-bond donors (Lipinski definition) is 2. The van der Waals surface area contributed by atoms with E-state index in [-0.39, 0.29) is 0 Å². The molecule has 21 heavy (non-hydrogen) atoms. The molecule has 1 aromatic rings. The van der Waals surface area contributed by atoms with Gasteiger partial charge in [0.05, 0.1) is 4.75 Å². The Kier molecular flexibility index (Phi) is 4.47. The molecule has 0 aromatic heterocycles. The molecule has 1 aliphatic carbocycles. The van der Waals surface area contributed by atoms with Crippen LogP contribution in [0.25, 0.3) is 0 Å². The van der Waals surface area contributed by atoms with Crippen molar-refractivity contribution < 1.29 is 13.5 Å². The summed E-state index contributed by atoms with van der Waals surface area (Å²) in [4.78, 5) is 0. The number of aryl methyl sites for hydroxylation is 1. The van der Waals surface area contributed by atoms with E-state index in [2.05, 4.69) is 11.4 Å². The van der Waals surface area contributed by atoms with E-state index < -0.39 is 20.2 Å². The summed E-state index contributed by atoms with van der Waals surface area (Å²) in [6, 6.07) is 7.96. The van der Waals surface area contributed by atoms with Crippen LogP contribution in [0.3, 0.4) is 0 Å². The average Bonchev–Trinajstić information content (AvgIpc) is 2.37. The number of rotatable bonds is 5. The van der Waals surface area contributed by atoms with Crippen LogP contribution >= 0.6 is 0 Å². The minimum absolute atomic E-state index is 0.330. The molecule has 0 aliphatic heterocycles. The van der Waals surface area contributed by atoms with Gasteiger partial charge in [0.15, 0.2) is 9.84 Å². The molecular formula is C16H25NO3S. The zero-order chi connectivity index (χ0) is 15.7. The number of nitrogens with one attached hydrogen (secondary N) is 1. The molecule has 0 amide bonds. The van der Waals surface area contributed by atoms with Gasteiger partial charge in [-0.25, -0.2) is 8.42 Å². The molecule has 2 rings (SSSR count). The van der Waals surface area contributed by atoms with Gasteiger partial charge < -0.3 is 10.4 Å². The molecule has 0 saturated heterocycles. The molecular weight excluding hydrogens is 286 g/mol. The van der Waals surface area contributed by atoms with E-state index in [9.17, 15) is 13.5 Å². The van der Waals surface area contributed by atoms with E-state index in [1.807, 2.05) is 18.2 Å². The molecule has 0 fully saturated rings. The largest absolute Gasteiger partial charge is 0.384 e. The van der Waals surface area contributed by atoms with Crippen molar-refractivity contribution >= 4 is 9.84 Å². The number of aliphatic hydroxyl groups is 1. The lowest BCUT2D eigenvalue weighted by Crippen LogP contribution is -2.47. The van der Waals surface area contributed by atoms with Crippen LogP contribution < -0.4 is 5.32 Å². The third-order valence-electron chi connectivity index (χ3n) is 4.53. The first-order valence-corrected chi connectivity index (χ1v) is 9.26. The van der Waals surface area contributed by atoms with Crippen molar-refractivity contribution in [2.45, 2.75) is 43.5 Å². The minimum Gasteiger partial charge on any atom is -0.384 e. The zero-order valence-electron chi connectivity index (χ0n) is 13.0. The second-order valence-electron chi connectivity index (χ2n) is 6.68. The van der Waals surface area contributed by atoms with E-state index in [0.29, 0.717) is 19.5 Å². The van der Waals surface area contributed by atoms with Crippen molar-refractivity contribution in [3.05, 3.63) is 35.4 Å². The molecule has 0 heterocycles. The zero-order valence-corrected chi connectivity index (χ0v) is 13.8.